The van der Waals surface area contributed by atoms with Gasteiger partial charge in [0.05, 0.1) is 12.2 Å². The Hall–Kier alpha value is -0.120. The molecule has 0 aromatic rings. The van der Waals surface area contributed by atoms with Gasteiger partial charge in [-0.15, -0.1) is 0 Å². The van der Waals surface area contributed by atoms with Gasteiger partial charge in [-0.05, 0) is 19.3 Å². The summed E-state index contributed by atoms with van der Waals surface area (Å²) in [7, 11) is 0. The average molecular weight is 272 g/mol. The summed E-state index contributed by atoms with van der Waals surface area (Å²) in [5.41, 5.74) is 0. The van der Waals surface area contributed by atoms with Crippen molar-refractivity contribution in [2.24, 2.45) is 0 Å². The molecule has 0 aromatic carbocycles. The van der Waals surface area contributed by atoms with Gasteiger partial charge in [-0.3, -0.25) is 0 Å². The minimum absolute atomic E-state index is 0.124. The zero-order valence-corrected chi connectivity index (χ0v) is 12.6. The van der Waals surface area contributed by atoms with Crippen molar-refractivity contribution in [2.75, 3.05) is 19.8 Å². The Labute approximate surface area is 118 Å². The van der Waals surface area contributed by atoms with Crippen LogP contribution in [0.2, 0.25) is 0 Å². The van der Waals surface area contributed by atoms with Gasteiger partial charge in [0, 0.05) is 19.8 Å². The lowest BCUT2D eigenvalue weighted by molar-refractivity contribution is -0.0197. The Balaban J connectivity index is 1.87. The number of rotatable bonds is 12. The number of aliphatic hydroxyl groups is 1. The molecule has 1 rings (SSSR count). The highest BCUT2D eigenvalue weighted by molar-refractivity contribution is 4.76. The Morgan fingerprint density at radius 2 is 1.74 bits per heavy atom. The molecule has 0 bridgehead atoms. The van der Waals surface area contributed by atoms with Crippen molar-refractivity contribution in [3.63, 3.8) is 0 Å². The molecule has 19 heavy (non-hydrogen) atoms. The second-order valence-electron chi connectivity index (χ2n) is 5.59. The molecule has 1 aliphatic rings. The number of hydrogen-bond acceptors (Lipinski definition) is 3. The monoisotopic (exact) mass is 272 g/mol. The molecule has 0 amide bonds. The molecule has 0 radical (unpaired) electrons. The number of hydrogen-bond donors (Lipinski definition) is 1. The molecule has 0 spiro atoms. The Morgan fingerprint density at radius 3 is 2.42 bits per heavy atom. The van der Waals surface area contributed by atoms with E-state index in [4.69, 9.17) is 14.6 Å². The van der Waals surface area contributed by atoms with Crippen LogP contribution in [0, 0.1) is 0 Å². The fraction of sp³-hybridized carbons (Fsp3) is 1.00. The van der Waals surface area contributed by atoms with Crippen molar-refractivity contribution in [3.8, 4) is 0 Å². The van der Waals surface area contributed by atoms with Gasteiger partial charge >= 0.3 is 0 Å². The zero-order valence-electron chi connectivity index (χ0n) is 12.6. The topological polar surface area (TPSA) is 38.7 Å². The van der Waals surface area contributed by atoms with Crippen LogP contribution >= 0.6 is 0 Å². The SMILES string of the molecule is CCCCCCCCCCOC1CCO[C@@H]1CCO. The molecule has 114 valence electrons. The van der Waals surface area contributed by atoms with E-state index in [0.29, 0.717) is 6.42 Å². The Kier molecular flexibility index (Phi) is 10.4. The first-order valence-electron chi connectivity index (χ1n) is 8.22. The number of ether oxygens (including phenoxy) is 2. The maximum absolute atomic E-state index is 8.94. The minimum atomic E-state index is 0.124. The van der Waals surface area contributed by atoms with Crippen molar-refractivity contribution >= 4 is 0 Å². The second kappa shape index (κ2) is 11.7. The largest absolute Gasteiger partial charge is 0.396 e. The Morgan fingerprint density at radius 1 is 1.05 bits per heavy atom. The highest BCUT2D eigenvalue weighted by atomic mass is 16.6. The molecular weight excluding hydrogens is 240 g/mol. The third-order valence-corrected chi connectivity index (χ3v) is 3.89. The van der Waals surface area contributed by atoms with E-state index in [1.165, 1.54) is 44.9 Å². The first-order valence-corrected chi connectivity index (χ1v) is 8.22. The molecule has 1 aliphatic heterocycles. The quantitative estimate of drug-likeness (QED) is 0.551. The molecule has 1 N–H and O–H groups in total. The van der Waals surface area contributed by atoms with Crippen molar-refractivity contribution in [2.45, 2.75) is 83.3 Å². The van der Waals surface area contributed by atoms with Gasteiger partial charge in [0.25, 0.3) is 0 Å². The van der Waals surface area contributed by atoms with E-state index in [9.17, 15) is 0 Å². The lowest BCUT2D eigenvalue weighted by Gasteiger charge is -2.18. The molecule has 0 aromatic heterocycles. The molecule has 1 unspecified atom stereocenters. The first kappa shape index (κ1) is 16.9. The van der Waals surface area contributed by atoms with Gasteiger partial charge in [-0.25, -0.2) is 0 Å². The predicted octanol–water partition coefficient (Wildman–Crippen LogP) is 3.68. The van der Waals surface area contributed by atoms with Gasteiger partial charge in [-0.2, -0.15) is 0 Å². The summed E-state index contributed by atoms with van der Waals surface area (Å²) >= 11 is 0. The molecular formula is C16H32O3. The smallest absolute Gasteiger partial charge is 0.0859 e. The van der Waals surface area contributed by atoms with E-state index in [2.05, 4.69) is 6.92 Å². The summed E-state index contributed by atoms with van der Waals surface area (Å²) in [5.74, 6) is 0. The van der Waals surface area contributed by atoms with Crippen LogP contribution < -0.4 is 0 Å². The van der Waals surface area contributed by atoms with Crippen LogP contribution in [0.5, 0.6) is 0 Å². The van der Waals surface area contributed by atoms with Gasteiger partial charge in [0.15, 0.2) is 0 Å². The van der Waals surface area contributed by atoms with Crippen molar-refractivity contribution in [3.05, 3.63) is 0 Å². The van der Waals surface area contributed by atoms with E-state index in [1.54, 1.807) is 0 Å². The summed E-state index contributed by atoms with van der Waals surface area (Å²) in [6.07, 6.45) is 12.7. The molecule has 3 heteroatoms. The Bertz CT molecular complexity index is 196. The van der Waals surface area contributed by atoms with E-state index >= 15 is 0 Å². The molecule has 1 heterocycles. The summed E-state index contributed by atoms with van der Waals surface area (Å²) in [4.78, 5) is 0. The van der Waals surface area contributed by atoms with Gasteiger partial charge in [0.2, 0.25) is 0 Å². The summed E-state index contributed by atoms with van der Waals surface area (Å²) in [6.45, 7) is 4.09. The zero-order chi connectivity index (χ0) is 13.8. The second-order valence-corrected chi connectivity index (χ2v) is 5.59. The third kappa shape index (κ3) is 7.91. The van der Waals surface area contributed by atoms with E-state index in [-0.39, 0.29) is 18.8 Å². The summed E-state index contributed by atoms with van der Waals surface area (Å²) in [6, 6.07) is 0. The normalized spacial score (nSPS) is 23.1. The fourth-order valence-corrected chi connectivity index (χ4v) is 2.69. The first-order chi connectivity index (χ1) is 9.38. The molecule has 0 aliphatic carbocycles. The predicted molar refractivity (Wildman–Crippen MR) is 78.4 cm³/mol. The number of unbranched alkanes of at least 4 members (excludes halogenated alkanes) is 7. The highest BCUT2D eigenvalue weighted by Gasteiger charge is 2.28. The van der Waals surface area contributed by atoms with Crippen LogP contribution in [0.15, 0.2) is 0 Å². The molecule has 1 saturated heterocycles. The molecule has 2 atom stereocenters. The van der Waals surface area contributed by atoms with Gasteiger partial charge < -0.3 is 14.6 Å². The van der Waals surface area contributed by atoms with Crippen LogP contribution in [0.3, 0.4) is 0 Å². The maximum atomic E-state index is 8.94. The van der Waals surface area contributed by atoms with Crippen LogP contribution in [0.25, 0.3) is 0 Å². The standard InChI is InChI=1S/C16H32O3/c1-2-3-4-5-6-7-8-9-13-18-16-11-14-19-15(16)10-12-17/h15-17H,2-14H2,1H3/t15-,16?/m1/s1. The van der Waals surface area contributed by atoms with Gasteiger partial charge in [0.1, 0.15) is 0 Å². The van der Waals surface area contributed by atoms with Crippen molar-refractivity contribution < 1.29 is 14.6 Å². The van der Waals surface area contributed by atoms with Crippen LogP contribution in [0.4, 0.5) is 0 Å². The van der Waals surface area contributed by atoms with Crippen molar-refractivity contribution in [1.29, 1.82) is 0 Å². The number of aliphatic hydroxyl groups excluding tert-OH is 1. The van der Waals surface area contributed by atoms with Crippen LogP contribution in [-0.2, 0) is 9.47 Å². The van der Waals surface area contributed by atoms with Crippen LogP contribution in [0.1, 0.15) is 71.1 Å². The van der Waals surface area contributed by atoms with Crippen molar-refractivity contribution in [1.82, 2.24) is 0 Å². The summed E-state index contributed by atoms with van der Waals surface area (Å²) < 4.78 is 11.4. The summed E-state index contributed by atoms with van der Waals surface area (Å²) in [5, 5.41) is 8.94. The van der Waals surface area contributed by atoms with Gasteiger partial charge in [-0.1, -0.05) is 51.9 Å². The maximum Gasteiger partial charge on any atom is 0.0859 e. The lowest BCUT2D eigenvalue weighted by Crippen LogP contribution is -2.25. The van der Waals surface area contributed by atoms with E-state index in [1.807, 2.05) is 0 Å². The molecule has 3 nitrogen and oxygen atoms in total. The highest BCUT2D eigenvalue weighted by Crippen LogP contribution is 2.20. The fourth-order valence-electron chi connectivity index (χ4n) is 2.69. The average Bonchev–Trinajstić information content (AvgIpc) is 2.85. The van der Waals surface area contributed by atoms with E-state index in [0.717, 1.165) is 26.1 Å². The minimum Gasteiger partial charge on any atom is -0.396 e. The van der Waals surface area contributed by atoms with E-state index < -0.39 is 0 Å². The third-order valence-electron chi connectivity index (χ3n) is 3.89. The lowest BCUT2D eigenvalue weighted by atomic mass is 10.1. The molecule has 1 fully saturated rings. The molecule has 0 saturated carbocycles. The van der Waals surface area contributed by atoms with Crippen LogP contribution in [-0.4, -0.2) is 37.1 Å².